The summed E-state index contributed by atoms with van der Waals surface area (Å²) in [6, 6.07) is -1.39. The number of aliphatic hydroxyl groups is 5. The first kappa shape index (κ1) is 14.8. The van der Waals surface area contributed by atoms with Crippen LogP contribution in [-0.4, -0.2) is 68.9 Å². The van der Waals surface area contributed by atoms with Gasteiger partial charge in [0.15, 0.2) is 5.78 Å². The van der Waals surface area contributed by atoms with Gasteiger partial charge in [0, 0.05) is 4.91 Å². The predicted octanol–water partition coefficient (Wildman–Crippen LogP) is -2.70. The first-order valence-electron chi connectivity index (χ1n) is 4.32. The number of azide groups is 1. The molecule has 16 heavy (non-hydrogen) atoms. The Morgan fingerprint density at radius 2 is 1.81 bits per heavy atom. The van der Waals surface area contributed by atoms with E-state index in [4.69, 9.17) is 20.9 Å². The molecule has 0 heterocycles. The van der Waals surface area contributed by atoms with Crippen molar-refractivity contribution in [1.82, 2.24) is 0 Å². The lowest BCUT2D eigenvalue weighted by atomic mass is 9.99. The van der Waals surface area contributed by atoms with Crippen molar-refractivity contribution in [3.63, 3.8) is 0 Å². The van der Waals surface area contributed by atoms with E-state index in [2.05, 4.69) is 10.0 Å². The monoisotopic (exact) mass is 235 g/mol. The van der Waals surface area contributed by atoms with Crippen LogP contribution < -0.4 is 0 Å². The third-order valence-electron chi connectivity index (χ3n) is 1.94. The van der Waals surface area contributed by atoms with Gasteiger partial charge in [0.2, 0.25) is 0 Å². The van der Waals surface area contributed by atoms with E-state index < -0.39 is 43.4 Å². The van der Waals surface area contributed by atoms with Crippen LogP contribution >= 0.6 is 0 Å². The largest absolute Gasteiger partial charge is 0.396 e. The number of aliphatic hydroxyl groups excluding tert-OH is 5. The molecule has 0 bridgehead atoms. The van der Waals surface area contributed by atoms with Crippen molar-refractivity contribution in [3.05, 3.63) is 10.4 Å². The molecule has 0 rings (SSSR count). The maximum Gasteiger partial charge on any atom is 0.189 e. The summed E-state index contributed by atoms with van der Waals surface area (Å²) in [6.07, 6.45) is -5.78. The predicted molar refractivity (Wildman–Crippen MR) is 50.1 cm³/mol. The lowest BCUT2D eigenvalue weighted by Gasteiger charge is -2.24. The van der Waals surface area contributed by atoms with Crippen molar-refractivity contribution in [2.75, 3.05) is 13.2 Å². The molecule has 0 saturated carbocycles. The zero-order valence-corrected chi connectivity index (χ0v) is 8.21. The molecule has 0 fully saturated rings. The van der Waals surface area contributed by atoms with E-state index in [-0.39, 0.29) is 0 Å². The first-order chi connectivity index (χ1) is 7.49. The second-order valence-electron chi connectivity index (χ2n) is 3.01. The number of rotatable bonds is 7. The summed E-state index contributed by atoms with van der Waals surface area (Å²) < 4.78 is 0. The van der Waals surface area contributed by atoms with Crippen LogP contribution in [0.3, 0.4) is 0 Å². The zero-order valence-electron chi connectivity index (χ0n) is 8.21. The minimum Gasteiger partial charge on any atom is -0.396 e. The van der Waals surface area contributed by atoms with Crippen LogP contribution in [0.5, 0.6) is 0 Å². The van der Waals surface area contributed by atoms with Gasteiger partial charge in [-0.3, -0.25) is 4.79 Å². The number of carbonyl (C=O) groups is 1. The van der Waals surface area contributed by atoms with E-state index in [1.165, 1.54) is 0 Å². The Kier molecular flexibility index (Phi) is 6.58. The van der Waals surface area contributed by atoms with Gasteiger partial charge in [-0.2, -0.15) is 0 Å². The molecule has 0 aliphatic carbocycles. The number of hydrogen-bond donors (Lipinski definition) is 5. The Bertz CT molecular complexity index is 279. The van der Waals surface area contributed by atoms with Crippen molar-refractivity contribution in [3.8, 4) is 0 Å². The minimum absolute atomic E-state index is 0.762. The van der Waals surface area contributed by atoms with Crippen LogP contribution in [0.4, 0.5) is 0 Å². The molecule has 0 aromatic heterocycles. The van der Waals surface area contributed by atoms with Crippen LogP contribution in [0.1, 0.15) is 0 Å². The lowest BCUT2D eigenvalue weighted by molar-refractivity contribution is -0.142. The van der Waals surface area contributed by atoms with E-state index in [0.717, 1.165) is 0 Å². The second kappa shape index (κ2) is 7.12. The van der Waals surface area contributed by atoms with E-state index >= 15 is 0 Å². The molecule has 1 unspecified atom stereocenters. The maximum atomic E-state index is 10.8. The molecule has 0 aromatic carbocycles. The summed E-state index contributed by atoms with van der Waals surface area (Å²) in [6.45, 7) is -1.77. The fourth-order valence-electron chi connectivity index (χ4n) is 0.978. The van der Waals surface area contributed by atoms with Gasteiger partial charge in [-0.25, -0.2) is 0 Å². The van der Waals surface area contributed by atoms with Gasteiger partial charge in [0.25, 0.3) is 0 Å². The SMILES string of the molecule is [N-]=[N+]=NC(CO)[C@@H](O)[C@@H](O)[C@H](O)C(=O)CO. The van der Waals surface area contributed by atoms with Crippen LogP contribution in [0.15, 0.2) is 5.11 Å². The van der Waals surface area contributed by atoms with Crippen LogP contribution in [0, 0.1) is 0 Å². The summed E-state index contributed by atoms with van der Waals surface area (Å²) in [5, 5.41) is 47.8. The Hall–Kier alpha value is -1.22. The first-order valence-corrected chi connectivity index (χ1v) is 4.32. The fourth-order valence-corrected chi connectivity index (χ4v) is 0.978. The third kappa shape index (κ3) is 3.74. The highest BCUT2D eigenvalue weighted by Crippen LogP contribution is 2.09. The Morgan fingerprint density at radius 1 is 1.25 bits per heavy atom. The van der Waals surface area contributed by atoms with Crippen LogP contribution in [0.2, 0.25) is 0 Å². The topological polar surface area (TPSA) is 167 Å². The standard InChI is InChI=1S/C7H13N3O6/c8-10-9-3(1-11)5(14)7(16)6(15)4(13)2-12/h3,5-7,11-12,14-16H,1-2H2/t3?,5-,6-,7-/m1/s1. The average molecular weight is 235 g/mol. The van der Waals surface area contributed by atoms with E-state index in [1.807, 2.05) is 0 Å². The molecular formula is C7H13N3O6. The van der Waals surface area contributed by atoms with E-state index in [0.29, 0.717) is 0 Å². The third-order valence-corrected chi connectivity index (χ3v) is 1.94. The molecule has 4 atom stereocenters. The summed E-state index contributed by atoms with van der Waals surface area (Å²) in [7, 11) is 0. The van der Waals surface area contributed by atoms with Crippen LogP contribution in [0.25, 0.3) is 10.4 Å². The smallest absolute Gasteiger partial charge is 0.189 e. The quantitative estimate of drug-likeness (QED) is 0.183. The Balaban J connectivity index is 4.63. The van der Waals surface area contributed by atoms with Crippen molar-refractivity contribution in [2.24, 2.45) is 5.11 Å². The number of nitrogens with zero attached hydrogens (tertiary/aromatic N) is 3. The molecular weight excluding hydrogens is 222 g/mol. The fraction of sp³-hybridized carbons (Fsp3) is 0.857. The molecule has 9 heteroatoms. The summed E-state index contributed by atoms with van der Waals surface area (Å²) >= 11 is 0. The molecule has 0 amide bonds. The van der Waals surface area contributed by atoms with Crippen molar-refractivity contribution in [2.45, 2.75) is 24.4 Å². The molecule has 0 saturated heterocycles. The molecule has 9 nitrogen and oxygen atoms in total. The van der Waals surface area contributed by atoms with Gasteiger partial charge in [-0.1, -0.05) is 5.11 Å². The van der Waals surface area contributed by atoms with Gasteiger partial charge >= 0.3 is 0 Å². The van der Waals surface area contributed by atoms with Crippen molar-refractivity contribution >= 4 is 5.78 Å². The Morgan fingerprint density at radius 3 is 2.19 bits per heavy atom. The van der Waals surface area contributed by atoms with Gasteiger partial charge in [0.1, 0.15) is 18.8 Å². The highest BCUT2D eigenvalue weighted by Gasteiger charge is 2.33. The minimum atomic E-state index is -2.01. The van der Waals surface area contributed by atoms with Crippen LogP contribution in [-0.2, 0) is 4.79 Å². The summed E-state index contributed by atoms with van der Waals surface area (Å²) in [5.41, 5.74) is 8.08. The molecule has 0 spiro atoms. The molecule has 92 valence electrons. The highest BCUT2D eigenvalue weighted by atomic mass is 16.4. The van der Waals surface area contributed by atoms with Crippen molar-refractivity contribution < 1.29 is 30.3 Å². The lowest BCUT2D eigenvalue weighted by Crippen LogP contribution is -2.48. The van der Waals surface area contributed by atoms with E-state index in [1.54, 1.807) is 0 Å². The normalized spacial score (nSPS) is 18.1. The molecule has 0 aliphatic heterocycles. The number of Topliss-reactive ketones (excluding diaryl/α,β-unsaturated/α-hetero) is 1. The van der Waals surface area contributed by atoms with Gasteiger partial charge < -0.3 is 25.5 Å². The summed E-state index contributed by atoms with van der Waals surface area (Å²) in [4.78, 5) is 13.1. The zero-order chi connectivity index (χ0) is 12.7. The molecule has 5 N–H and O–H groups in total. The molecule has 0 aliphatic rings. The van der Waals surface area contributed by atoms with Gasteiger partial charge in [-0.05, 0) is 5.53 Å². The number of carbonyl (C=O) groups excluding carboxylic acids is 1. The van der Waals surface area contributed by atoms with E-state index in [9.17, 15) is 15.0 Å². The van der Waals surface area contributed by atoms with Gasteiger partial charge in [-0.15, -0.1) is 0 Å². The highest BCUT2D eigenvalue weighted by molar-refractivity contribution is 5.84. The molecule has 0 radical (unpaired) electrons. The maximum absolute atomic E-state index is 10.8. The Labute approximate surface area is 90.2 Å². The second-order valence-corrected chi connectivity index (χ2v) is 3.01. The van der Waals surface area contributed by atoms with Gasteiger partial charge in [0.05, 0.1) is 18.8 Å². The number of hydrogen-bond acceptors (Lipinski definition) is 7. The summed E-state index contributed by atoms with van der Waals surface area (Å²) in [5.74, 6) is -1.09. The average Bonchev–Trinajstić information content (AvgIpc) is 2.32. The van der Waals surface area contributed by atoms with Crippen molar-refractivity contribution in [1.29, 1.82) is 0 Å². The number of ketones is 1. The molecule has 0 aromatic rings.